The number of alkyl halides is 3. The van der Waals surface area contributed by atoms with Gasteiger partial charge in [0.05, 0.1) is 11.4 Å². The van der Waals surface area contributed by atoms with Crippen LogP contribution in [0, 0.1) is 5.41 Å². The monoisotopic (exact) mass is 362 g/mol. The summed E-state index contributed by atoms with van der Waals surface area (Å²) in [6, 6.07) is 2.37. The predicted molar refractivity (Wildman–Crippen MR) is 85.5 cm³/mol. The number of rotatable bonds is 3. The maximum absolute atomic E-state index is 13.0. The highest BCUT2D eigenvalue weighted by molar-refractivity contribution is 6.29. The van der Waals surface area contributed by atoms with Crippen molar-refractivity contribution in [1.29, 1.82) is 0 Å². The zero-order chi connectivity index (χ0) is 18.3. The topological polar surface area (TPSA) is 63.0 Å². The largest absolute Gasteiger partial charge is 0.433 e. The molecule has 1 unspecified atom stereocenters. The van der Waals surface area contributed by atoms with Gasteiger partial charge >= 0.3 is 6.18 Å². The first-order chi connectivity index (χ1) is 10.9. The van der Waals surface area contributed by atoms with Gasteiger partial charge in [0.1, 0.15) is 17.1 Å². The SMILES string of the molecule is Cn1nc(-c2cnc(Cl)cc2NC(O)C(C)(C)C)cc1C(F)(F)F. The van der Waals surface area contributed by atoms with E-state index in [1.165, 1.54) is 19.3 Å². The van der Waals surface area contributed by atoms with E-state index in [2.05, 4.69) is 15.4 Å². The van der Waals surface area contributed by atoms with Crippen molar-refractivity contribution in [3.05, 3.63) is 29.2 Å². The van der Waals surface area contributed by atoms with Gasteiger partial charge in [-0.3, -0.25) is 4.68 Å². The number of nitrogens with zero attached hydrogens (tertiary/aromatic N) is 3. The smallest absolute Gasteiger partial charge is 0.373 e. The van der Waals surface area contributed by atoms with Crippen LogP contribution in [0.3, 0.4) is 0 Å². The molecule has 2 rings (SSSR count). The summed E-state index contributed by atoms with van der Waals surface area (Å²) in [5.41, 5.74) is -0.626. The molecule has 0 aromatic carbocycles. The molecule has 2 aromatic heterocycles. The Morgan fingerprint density at radius 3 is 2.38 bits per heavy atom. The molecule has 0 amide bonds. The van der Waals surface area contributed by atoms with Crippen molar-refractivity contribution < 1.29 is 18.3 Å². The number of anilines is 1. The number of aromatic nitrogens is 3. The summed E-state index contributed by atoms with van der Waals surface area (Å²) in [6.45, 7) is 5.45. The molecule has 0 saturated carbocycles. The molecular formula is C15H18ClF3N4O. The molecule has 2 aromatic rings. The van der Waals surface area contributed by atoms with Gasteiger partial charge in [0, 0.05) is 24.2 Å². The van der Waals surface area contributed by atoms with Crippen LogP contribution in [0.5, 0.6) is 0 Å². The van der Waals surface area contributed by atoms with Gasteiger partial charge < -0.3 is 10.4 Å². The van der Waals surface area contributed by atoms with E-state index in [1.807, 2.05) is 20.8 Å². The minimum atomic E-state index is -4.52. The first-order valence-electron chi connectivity index (χ1n) is 7.11. The molecule has 2 N–H and O–H groups in total. The maximum atomic E-state index is 13.0. The number of halogens is 4. The molecule has 0 radical (unpaired) electrons. The van der Waals surface area contributed by atoms with Gasteiger partial charge in [-0.05, 0) is 12.1 Å². The van der Waals surface area contributed by atoms with Crippen molar-refractivity contribution in [1.82, 2.24) is 14.8 Å². The van der Waals surface area contributed by atoms with Crippen LogP contribution in [0.4, 0.5) is 18.9 Å². The van der Waals surface area contributed by atoms with Crippen LogP contribution >= 0.6 is 11.6 Å². The van der Waals surface area contributed by atoms with Crippen LogP contribution in [0.1, 0.15) is 26.5 Å². The summed E-state index contributed by atoms with van der Waals surface area (Å²) in [6.07, 6.45) is -4.14. The Hall–Kier alpha value is -1.80. The van der Waals surface area contributed by atoms with E-state index >= 15 is 0 Å². The normalized spacial score (nSPS) is 13.9. The van der Waals surface area contributed by atoms with Crippen molar-refractivity contribution in [2.75, 3.05) is 5.32 Å². The lowest BCUT2D eigenvalue weighted by atomic mass is 9.94. The third-order valence-corrected chi connectivity index (χ3v) is 3.64. The summed E-state index contributed by atoms with van der Waals surface area (Å²) in [7, 11) is 1.22. The molecule has 0 bridgehead atoms. The average Bonchev–Trinajstić information content (AvgIpc) is 2.79. The molecule has 0 saturated heterocycles. The second kappa shape index (κ2) is 6.25. The van der Waals surface area contributed by atoms with Crippen molar-refractivity contribution in [2.45, 2.75) is 33.2 Å². The fraction of sp³-hybridized carbons (Fsp3) is 0.467. The molecule has 5 nitrogen and oxygen atoms in total. The van der Waals surface area contributed by atoms with Crippen molar-refractivity contribution in [2.24, 2.45) is 12.5 Å². The highest BCUT2D eigenvalue weighted by atomic mass is 35.5. The summed E-state index contributed by atoms with van der Waals surface area (Å²) in [4.78, 5) is 3.90. The Morgan fingerprint density at radius 2 is 1.88 bits per heavy atom. The Morgan fingerprint density at radius 1 is 1.25 bits per heavy atom. The molecule has 132 valence electrons. The molecule has 9 heteroatoms. The van der Waals surface area contributed by atoms with Gasteiger partial charge in [0.15, 0.2) is 0 Å². The number of pyridine rings is 1. The Balaban J connectivity index is 2.48. The fourth-order valence-corrected chi connectivity index (χ4v) is 2.14. The second-order valence-corrected chi connectivity index (χ2v) is 6.89. The van der Waals surface area contributed by atoms with Gasteiger partial charge in [-0.15, -0.1) is 0 Å². The van der Waals surface area contributed by atoms with Crippen molar-refractivity contribution in [3.8, 4) is 11.3 Å². The van der Waals surface area contributed by atoms with Crippen LogP contribution in [0.25, 0.3) is 11.3 Å². The zero-order valence-electron chi connectivity index (χ0n) is 13.6. The van der Waals surface area contributed by atoms with E-state index in [-0.39, 0.29) is 10.8 Å². The number of hydrogen-bond acceptors (Lipinski definition) is 4. The van der Waals surface area contributed by atoms with Gasteiger partial charge in [0.2, 0.25) is 0 Å². The first-order valence-corrected chi connectivity index (χ1v) is 7.49. The molecule has 0 aliphatic heterocycles. The van der Waals surface area contributed by atoms with Crippen LogP contribution in [-0.4, -0.2) is 26.1 Å². The fourth-order valence-electron chi connectivity index (χ4n) is 1.98. The van der Waals surface area contributed by atoms with Gasteiger partial charge in [-0.25, -0.2) is 4.98 Å². The molecule has 0 spiro atoms. The maximum Gasteiger partial charge on any atom is 0.433 e. The van der Waals surface area contributed by atoms with Gasteiger partial charge in [-0.2, -0.15) is 18.3 Å². The van der Waals surface area contributed by atoms with Gasteiger partial charge in [-0.1, -0.05) is 32.4 Å². The Kier molecular flexibility index (Phi) is 4.83. The summed E-state index contributed by atoms with van der Waals surface area (Å²) < 4.78 is 39.6. The molecule has 2 heterocycles. The van der Waals surface area contributed by atoms with Crippen LogP contribution < -0.4 is 5.32 Å². The number of hydrogen-bond donors (Lipinski definition) is 2. The molecule has 0 aliphatic carbocycles. The first kappa shape index (κ1) is 18.5. The quantitative estimate of drug-likeness (QED) is 0.641. The van der Waals surface area contributed by atoms with E-state index in [0.29, 0.717) is 11.3 Å². The number of aliphatic hydroxyl groups excluding tert-OH is 1. The highest BCUT2D eigenvalue weighted by Gasteiger charge is 2.35. The van der Waals surface area contributed by atoms with E-state index < -0.39 is 23.5 Å². The number of aliphatic hydroxyl groups is 1. The summed E-state index contributed by atoms with van der Waals surface area (Å²) in [5, 5.41) is 17.1. The molecule has 24 heavy (non-hydrogen) atoms. The lowest BCUT2D eigenvalue weighted by Gasteiger charge is -2.28. The van der Waals surface area contributed by atoms with Crippen molar-refractivity contribution >= 4 is 17.3 Å². The predicted octanol–water partition coefficient (Wildman–Crippen LogP) is 3.93. The standard InChI is InChI=1S/C15H18ClF3N4O/c1-14(2,3)13(24)21-9-6-12(16)20-7-8(9)10-5-11(15(17,18)19)23(4)22-10/h5-7,13,24H,1-4H3,(H,20,21). The number of nitrogens with one attached hydrogen (secondary N) is 1. The zero-order valence-corrected chi connectivity index (χ0v) is 14.4. The average molecular weight is 363 g/mol. The van der Waals surface area contributed by atoms with E-state index in [0.717, 1.165) is 10.7 Å². The molecule has 0 aliphatic rings. The van der Waals surface area contributed by atoms with Gasteiger partial charge in [0.25, 0.3) is 0 Å². The highest BCUT2D eigenvalue weighted by Crippen LogP contribution is 2.35. The molecule has 0 fully saturated rings. The minimum Gasteiger partial charge on any atom is -0.373 e. The van der Waals surface area contributed by atoms with Crippen molar-refractivity contribution in [3.63, 3.8) is 0 Å². The van der Waals surface area contributed by atoms with E-state index in [9.17, 15) is 18.3 Å². The summed E-state index contributed by atoms with van der Waals surface area (Å²) >= 11 is 5.87. The number of aryl methyl sites for hydroxylation is 1. The lowest BCUT2D eigenvalue weighted by Crippen LogP contribution is -2.33. The summed E-state index contributed by atoms with van der Waals surface area (Å²) in [5.74, 6) is 0. The van der Waals surface area contributed by atoms with Crippen LogP contribution in [0.2, 0.25) is 5.15 Å². The third-order valence-electron chi connectivity index (χ3n) is 3.43. The Labute approximate surface area is 142 Å². The van der Waals surface area contributed by atoms with E-state index in [1.54, 1.807) is 0 Å². The van der Waals surface area contributed by atoms with E-state index in [4.69, 9.17) is 11.6 Å². The Bertz CT molecular complexity index is 737. The minimum absolute atomic E-state index is 0.0811. The van der Waals surface area contributed by atoms with Crippen LogP contribution in [0.15, 0.2) is 18.3 Å². The molecule has 1 atom stereocenters. The van der Waals surface area contributed by atoms with Crippen LogP contribution in [-0.2, 0) is 13.2 Å². The third kappa shape index (κ3) is 3.99. The molecular weight excluding hydrogens is 345 g/mol. The second-order valence-electron chi connectivity index (χ2n) is 6.50. The lowest BCUT2D eigenvalue weighted by molar-refractivity contribution is -0.143.